The highest BCUT2D eigenvalue weighted by Crippen LogP contribution is 2.24. The minimum Gasteiger partial charge on any atom is -0.446 e. The number of carbonyl (C=O) groups excluding carboxylic acids is 1. The Morgan fingerprint density at radius 3 is 2.65 bits per heavy atom. The van der Waals surface area contributed by atoms with Crippen molar-refractivity contribution in [1.29, 1.82) is 0 Å². The van der Waals surface area contributed by atoms with E-state index in [1.807, 2.05) is 32.0 Å². The van der Waals surface area contributed by atoms with Gasteiger partial charge in [0.1, 0.15) is 0 Å². The number of pyridine rings is 1. The van der Waals surface area contributed by atoms with Crippen molar-refractivity contribution in [2.45, 2.75) is 13.8 Å². The molecule has 0 spiro atoms. The molecule has 0 saturated carbocycles. The number of nitrogens with two attached hydrogens (primary N) is 1. The number of hydrogen-bond donors (Lipinski definition) is 1. The number of primary amides is 1. The fourth-order valence-corrected chi connectivity index (χ4v) is 2.53. The summed E-state index contributed by atoms with van der Waals surface area (Å²) in [5, 5.41) is 8.31. The third kappa shape index (κ3) is 2.75. The molecule has 4 rings (SSSR count). The van der Waals surface area contributed by atoms with Gasteiger partial charge in [0.05, 0.1) is 5.69 Å². The molecule has 9 nitrogen and oxygen atoms in total. The van der Waals surface area contributed by atoms with E-state index in [1.54, 1.807) is 16.9 Å². The van der Waals surface area contributed by atoms with Crippen molar-refractivity contribution < 1.29 is 13.7 Å². The van der Waals surface area contributed by atoms with Crippen molar-refractivity contribution in [3.05, 3.63) is 53.7 Å². The number of furan rings is 1. The Morgan fingerprint density at radius 2 is 2.04 bits per heavy atom. The van der Waals surface area contributed by atoms with Crippen molar-refractivity contribution >= 4 is 5.91 Å². The molecule has 0 aliphatic rings. The first-order valence-corrected chi connectivity index (χ1v) is 7.75. The Hall–Kier alpha value is -3.75. The highest BCUT2D eigenvalue weighted by molar-refractivity contribution is 5.90. The molecule has 0 radical (unpaired) electrons. The average Bonchev–Trinajstić information content (AvgIpc) is 3.33. The Morgan fingerprint density at radius 1 is 1.19 bits per heavy atom. The molecule has 0 aliphatic heterocycles. The highest BCUT2D eigenvalue weighted by atomic mass is 16.5. The number of amides is 1. The number of nitrogens with zero attached hydrogens (tertiary/aromatic N) is 5. The van der Waals surface area contributed by atoms with Gasteiger partial charge in [-0.1, -0.05) is 5.16 Å². The Labute approximate surface area is 147 Å². The minimum atomic E-state index is -0.667. The van der Waals surface area contributed by atoms with E-state index in [4.69, 9.17) is 14.7 Å². The Kier molecular flexibility index (Phi) is 3.61. The van der Waals surface area contributed by atoms with E-state index in [-0.39, 0.29) is 17.4 Å². The van der Waals surface area contributed by atoms with Gasteiger partial charge in [-0.05, 0) is 44.2 Å². The smallest absolute Gasteiger partial charge is 0.293 e. The minimum absolute atomic E-state index is 0.0238. The molecule has 2 N–H and O–H groups in total. The molecule has 1 amide bonds. The predicted octanol–water partition coefficient (Wildman–Crippen LogP) is 2.29. The molecule has 0 unspecified atom stereocenters. The van der Waals surface area contributed by atoms with E-state index < -0.39 is 5.91 Å². The molecule has 4 heterocycles. The molecule has 0 atom stereocenters. The van der Waals surface area contributed by atoms with Gasteiger partial charge in [0.2, 0.25) is 5.82 Å². The molecular formula is C17H14N6O3. The lowest BCUT2D eigenvalue weighted by molar-refractivity contribution is 0.0974. The summed E-state index contributed by atoms with van der Waals surface area (Å²) in [5.74, 6) is 0.820. The van der Waals surface area contributed by atoms with Crippen molar-refractivity contribution in [3.8, 4) is 28.9 Å². The van der Waals surface area contributed by atoms with Gasteiger partial charge in [-0.3, -0.25) is 4.79 Å². The SMILES string of the molecule is Cc1cc(C)n(-c2ccc(-c3noc(-c4ccc(C(N)=O)o4)n3)cn2)n1. The molecule has 26 heavy (non-hydrogen) atoms. The first-order valence-electron chi connectivity index (χ1n) is 7.75. The second-order valence-corrected chi connectivity index (χ2v) is 5.70. The summed E-state index contributed by atoms with van der Waals surface area (Å²) in [6.07, 6.45) is 1.64. The van der Waals surface area contributed by atoms with E-state index in [0.717, 1.165) is 11.4 Å². The van der Waals surface area contributed by atoms with Gasteiger partial charge in [0, 0.05) is 17.5 Å². The summed E-state index contributed by atoms with van der Waals surface area (Å²) in [4.78, 5) is 19.8. The van der Waals surface area contributed by atoms with E-state index >= 15 is 0 Å². The number of hydrogen-bond acceptors (Lipinski definition) is 7. The monoisotopic (exact) mass is 350 g/mol. The Bertz CT molecular complexity index is 1090. The van der Waals surface area contributed by atoms with Crippen LogP contribution in [0.2, 0.25) is 0 Å². The van der Waals surface area contributed by atoms with Gasteiger partial charge in [0.25, 0.3) is 11.8 Å². The second-order valence-electron chi connectivity index (χ2n) is 5.70. The topological polar surface area (TPSA) is 126 Å². The third-order valence-electron chi connectivity index (χ3n) is 3.72. The van der Waals surface area contributed by atoms with Crippen LogP contribution in [0.25, 0.3) is 28.9 Å². The van der Waals surface area contributed by atoms with Crippen LogP contribution in [0, 0.1) is 13.8 Å². The largest absolute Gasteiger partial charge is 0.446 e. The molecule has 0 aromatic carbocycles. The van der Waals surface area contributed by atoms with Gasteiger partial charge in [-0.25, -0.2) is 9.67 Å². The van der Waals surface area contributed by atoms with Gasteiger partial charge >= 0.3 is 0 Å². The zero-order chi connectivity index (χ0) is 18.3. The molecule has 9 heteroatoms. The van der Waals surface area contributed by atoms with E-state index in [0.29, 0.717) is 17.2 Å². The normalized spacial score (nSPS) is 11.0. The van der Waals surface area contributed by atoms with Crippen LogP contribution < -0.4 is 5.73 Å². The summed E-state index contributed by atoms with van der Waals surface area (Å²) in [6.45, 7) is 3.89. The van der Waals surface area contributed by atoms with Gasteiger partial charge in [-0.15, -0.1) is 0 Å². The van der Waals surface area contributed by atoms with Crippen molar-refractivity contribution in [3.63, 3.8) is 0 Å². The maximum Gasteiger partial charge on any atom is 0.293 e. The maximum atomic E-state index is 11.1. The van der Waals surface area contributed by atoms with Crippen LogP contribution in [-0.2, 0) is 0 Å². The standard InChI is InChI=1S/C17H14N6O3/c1-9-7-10(2)23(21-9)14-6-3-11(8-19-14)16-20-17(26-22-16)13-5-4-12(25-13)15(18)24/h3-8H,1-2H3,(H2,18,24). The zero-order valence-corrected chi connectivity index (χ0v) is 14.0. The van der Waals surface area contributed by atoms with Crippen LogP contribution in [-0.4, -0.2) is 30.8 Å². The molecule has 130 valence electrons. The Balaban J connectivity index is 1.61. The molecule has 4 aromatic rings. The lowest BCUT2D eigenvalue weighted by Gasteiger charge is -2.03. The molecule has 4 aromatic heterocycles. The third-order valence-corrected chi connectivity index (χ3v) is 3.72. The van der Waals surface area contributed by atoms with Gasteiger partial charge in [-0.2, -0.15) is 10.1 Å². The van der Waals surface area contributed by atoms with Crippen LogP contribution in [0.1, 0.15) is 21.9 Å². The zero-order valence-electron chi connectivity index (χ0n) is 14.0. The number of rotatable bonds is 4. The lowest BCUT2D eigenvalue weighted by atomic mass is 10.2. The first kappa shape index (κ1) is 15.8. The van der Waals surface area contributed by atoms with E-state index in [2.05, 4.69) is 20.2 Å². The molecular weight excluding hydrogens is 336 g/mol. The summed E-state index contributed by atoms with van der Waals surface area (Å²) in [6, 6.07) is 8.62. The van der Waals surface area contributed by atoms with Gasteiger partial charge in [0.15, 0.2) is 17.3 Å². The van der Waals surface area contributed by atoms with Crippen LogP contribution in [0.4, 0.5) is 0 Å². The first-order chi connectivity index (χ1) is 12.5. The van der Waals surface area contributed by atoms with E-state index in [9.17, 15) is 4.79 Å². The summed E-state index contributed by atoms with van der Waals surface area (Å²) < 4.78 is 12.2. The fourth-order valence-electron chi connectivity index (χ4n) is 2.53. The summed E-state index contributed by atoms with van der Waals surface area (Å²) in [5.41, 5.74) is 7.75. The molecule has 0 fully saturated rings. The molecule has 0 aliphatic carbocycles. The quantitative estimate of drug-likeness (QED) is 0.598. The second kappa shape index (κ2) is 5.96. The average molecular weight is 350 g/mol. The van der Waals surface area contributed by atoms with Crippen LogP contribution in [0.5, 0.6) is 0 Å². The van der Waals surface area contributed by atoms with Gasteiger partial charge < -0.3 is 14.7 Å². The van der Waals surface area contributed by atoms with Crippen molar-refractivity contribution in [2.24, 2.45) is 5.73 Å². The van der Waals surface area contributed by atoms with Crippen molar-refractivity contribution in [1.82, 2.24) is 24.9 Å². The number of carbonyl (C=O) groups is 1. The maximum absolute atomic E-state index is 11.1. The summed E-state index contributed by atoms with van der Waals surface area (Å²) in [7, 11) is 0. The number of aryl methyl sites for hydroxylation is 2. The van der Waals surface area contributed by atoms with Crippen LogP contribution in [0.15, 0.2) is 45.5 Å². The van der Waals surface area contributed by atoms with Crippen LogP contribution >= 0.6 is 0 Å². The lowest BCUT2D eigenvalue weighted by Crippen LogP contribution is -2.09. The summed E-state index contributed by atoms with van der Waals surface area (Å²) >= 11 is 0. The molecule has 0 saturated heterocycles. The molecule has 0 bridgehead atoms. The van der Waals surface area contributed by atoms with E-state index in [1.165, 1.54) is 6.07 Å². The van der Waals surface area contributed by atoms with Crippen LogP contribution in [0.3, 0.4) is 0 Å². The fraction of sp³-hybridized carbons (Fsp3) is 0.118. The number of aromatic nitrogens is 5. The predicted molar refractivity (Wildman–Crippen MR) is 90.3 cm³/mol. The highest BCUT2D eigenvalue weighted by Gasteiger charge is 2.16. The van der Waals surface area contributed by atoms with Crippen molar-refractivity contribution in [2.75, 3.05) is 0 Å².